The van der Waals surface area contributed by atoms with Gasteiger partial charge in [0, 0.05) is 18.2 Å². The van der Waals surface area contributed by atoms with Gasteiger partial charge >= 0.3 is 0 Å². The number of anilines is 1. The Labute approximate surface area is 107 Å². The van der Waals surface area contributed by atoms with Gasteiger partial charge in [0.05, 0.1) is 0 Å². The zero-order valence-electron chi connectivity index (χ0n) is 10.5. The number of nitrogens with zero attached hydrogens (tertiary/aromatic N) is 2. The van der Waals surface area contributed by atoms with E-state index in [0.717, 1.165) is 36.3 Å². The molecular formula is C14H17N3O. The molecule has 4 nitrogen and oxygen atoms in total. The summed E-state index contributed by atoms with van der Waals surface area (Å²) in [6.45, 7) is 2.14. The van der Waals surface area contributed by atoms with Crippen LogP contribution in [0.15, 0.2) is 28.8 Å². The lowest BCUT2D eigenvalue weighted by atomic mass is 10.2. The lowest BCUT2D eigenvalue weighted by Crippen LogP contribution is -1.86. The molecule has 0 fully saturated rings. The molecule has 1 heterocycles. The van der Waals surface area contributed by atoms with Crippen molar-refractivity contribution in [2.75, 3.05) is 5.73 Å². The Morgan fingerprint density at radius 3 is 3.00 bits per heavy atom. The number of hydrogen-bond acceptors (Lipinski definition) is 4. The second-order valence-corrected chi connectivity index (χ2v) is 4.16. The van der Waals surface area contributed by atoms with Crippen molar-refractivity contribution in [2.45, 2.75) is 26.2 Å². The van der Waals surface area contributed by atoms with Crippen LogP contribution < -0.4 is 5.73 Å². The summed E-state index contributed by atoms with van der Waals surface area (Å²) in [4.78, 5) is 4.29. The van der Waals surface area contributed by atoms with Crippen LogP contribution >= 0.6 is 0 Å². The second-order valence-electron chi connectivity index (χ2n) is 4.16. The van der Waals surface area contributed by atoms with Gasteiger partial charge in [0.15, 0.2) is 5.82 Å². The summed E-state index contributed by atoms with van der Waals surface area (Å²) in [7, 11) is 0. The fourth-order valence-electron chi connectivity index (χ4n) is 1.60. The molecule has 0 unspecified atom stereocenters. The second kappa shape index (κ2) is 6.00. The fourth-order valence-corrected chi connectivity index (χ4v) is 1.60. The van der Waals surface area contributed by atoms with Gasteiger partial charge in [-0.15, -0.1) is 0 Å². The molecule has 0 spiro atoms. The molecule has 1 aromatic carbocycles. The summed E-state index contributed by atoms with van der Waals surface area (Å²) in [5.74, 6) is 1.30. The molecule has 0 saturated carbocycles. The van der Waals surface area contributed by atoms with E-state index in [2.05, 4.69) is 17.1 Å². The van der Waals surface area contributed by atoms with Gasteiger partial charge < -0.3 is 10.3 Å². The van der Waals surface area contributed by atoms with Crippen LogP contribution in [0.2, 0.25) is 0 Å². The highest BCUT2D eigenvalue weighted by Gasteiger charge is 2.02. The molecule has 2 N–H and O–H groups in total. The van der Waals surface area contributed by atoms with Crippen LogP contribution in [0.5, 0.6) is 0 Å². The van der Waals surface area contributed by atoms with E-state index >= 15 is 0 Å². The van der Waals surface area contributed by atoms with Crippen LogP contribution in [0.1, 0.15) is 37.0 Å². The minimum Gasteiger partial charge on any atom is -0.399 e. The minimum atomic E-state index is 0.531. The fraction of sp³-hybridized carbons (Fsp3) is 0.286. The van der Waals surface area contributed by atoms with Crippen LogP contribution in [0.25, 0.3) is 12.2 Å². The van der Waals surface area contributed by atoms with E-state index in [1.54, 1.807) is 6.08 Å². The molecule has 94 valence electrons. The van der Waals surface area contributed by atoms with E-state index in [-0.39, 0.29) is 0 Å². The van der Waals surface area contributed by atoms with Crippen molar-refractivity contribution in [2.24, 2.45) is 0 Å². The highest BCUT2D eigenvalue weighted by atomic mass is 16.5. The lowest BCUT2D eigenvalue weighted by Gasteiger charge is -1.94. The molecule has 0 amide bonds. The molecule has 0 aliphatic rings. The zero-order valence-corrected chi connectivity index (χ0v) is 10.5. The van der Waals surface area contributed by atoms with E-state index in [1.165, 1.54) is 0 Å². The average molecular weight is 243 g/mol. The third kappa shape index (κ3) is 3.45. The number of benzene rings is 1. The monoisotopic (exact) mass is 243 g/mol. The smallest absolute Gasteiger partial charge is 0.250 e. The number of rotatable bonds is 5. The third-order valence-electron chi connectivity index (χ3n) is 2.57. The average Bonchev–Trinajstić information content (AvgIpc) is 2.82. The molecule has 0 atom stereocenters. The SMILES string of the molecule is CCCCc1noc(/C=C/c2cccc(N)c2)n1. The molecule has 2 rings (SSSR count). The van der Waals surface area contributed by atoms with Gasteiger partial charge in [0.2, 0.25) is 0 Å². The predicted molar refractivity (Wildman–Crippen MR) is 72.7 cm³/mol. The maximum Gasteiger partial charge on any atom is 0.250 e. The normalized spacial score (nSPS) is 11.2. The van der Waals surface area contributed by atoms with Crippen molar-refractivity contribution in [3.05, 3.63) is 41.5 Å². The van der Waals surface area contributed by atoms with Crippen molar-refractivity contribution >= 4 is 17.8 Å². The first-order valence-electron chi connectivity index (χ1n) is 6.14. The maximum absolute atomic E-state index is 5.70. The number of unbranched alkanes of at least 4 members (excludes halogenated alkanes) is 1. The van der Waals surface area contributed by atoms with Crippen LogP contribution in [-0.2, 0) is 6.42 Å². The molecule has 18 heavy (non-hydrogen) atoms. The van der Waals surface area contributed by atoms with Gasteiger partial charge in [0.1, 0.15) is 0 Å². The van der Waals surface area contributed by atoms with Crippen LogP contribution in [0.4, 0.5) is 5.69 Å². The van der Waals surface area contributed by atoms with Crippen LogP contribution in [0.3, 0.4) is 0 Å². The Balaban J connectivity index is 2.02. The van der Waals surface area contributed by atoms with Gasteiger partial charge in [-0.05, 0) is 30.2 Å². The first kappa shape index (κ1) is 12.4. The topological polar surface area (TPSA) is 64.9 Å². The van der Waals surface area contributed by atoms with Gasteiger partial charge in [0.25, 0.3) is 5.89 Å². The van der Waals surface area contributed by atoms with Crippen molar-refractivity contribution in [3.63, 3.8) is 0 Å². The number of nitrogens with two attached hydrogens (primary N) is 1. The molecular weight excluding hydrogens is 226 g/mol. The van der Waals surface area contributed by atoms with Crippen molar-refractivity contribution in [1.29, 1.82) is 0 Å². The van der Waals surface area contributed by atoms with Crippen LogP contribution in [0, 0.1) is 0 Å². The highest BCUT2D eigenvalue weighted by Crippen LogP contribution is 2.11. The molecule has 0 saturated heterocycles. The van der Waals surface area contributed by atoms with Crippen molar-refractivity contribution in [1.82, 2.24) is 10.1 Å². The number of aromatic nitrogens is 2. The van der Waals surface area contributed by atoms with E-state index in [9.17, 15) is 0 Å². The molecule has 2 aromatic rings. The summed E-state index contributed by atoms with van der Waals surface area (Å²) in [6, 6.07) is 7.63. The highest BCUT2D eigenvalue weighted by molar-refractivity contribution is 5.67. The summed E-state index contributed by atoms with van der Waals surface area (Å²) < 4.78 is 5.13. The van der Waals surface area contributed by atoms with E-state index in [0.29, 0.717) is 5.89 Å². The van der Waals surface area contributed by atoms with Gasteiger partial charge in [-0.3, -0.25) is 0 Å². The zero-order chi connectivity index (χ0) is 12.8. The minimum absolute atomic E-state index is 0.531. The van der Waals surface area contributed by atoms with Gasteiger partial charge in [-0.25, -0.2) is 0 Å². The molecule has 0 bridgehead atoms. The first-order chi connectivity index (χ1) is 8.78. The Morgan fingerprint density at radius 1 is 1.33 bits per heavy atom. The molecule has 0 radical (unpaired) electrons. The molecule has 0 aliphatic carbocycles. The first-order valence-corrected chi connectivity index (χ1v) is 6.14. The molecule has 1 aromatic heterocycles. The van der Waals surface area contributed by atoms with Crippen molar-refractivity contribution < 1.29 is 4.52 Å². The standard InChI is InChI=1S/C14H17N3O/c1-2-3-7-13-16-14(18-17-13)9-8-11-5-4-6-12(15)10-11/h4-6,8-10H,2-3,7,15H2,1H3/b9-8+. The number of aryl methyl sites for hydroxylation is 1. The molecule has 0 aliphatic heterocycles. The predicted octanol–water partition coefficient (Wildman–Crippen LogP) is 3.16. The van der Waals surface area contributed by atoms with E-state index in [1.807, 2.05) is 30.3 Å². The maximum atomic E-state index is 5.70. The summed E-state index contributed by atoms with van der Waals surface area (Å²) in [6.07, 6.45) is 6.79. The van der Waals surface area contributed by atoms with E-state index in [4.69, 9.17) is 10.3 Å². The summed E-state index contributed by atoms with van der Waals surface area (Å²) >= 11 is 0. The summed E-state index contributed by atoms with van der Waals surface area (Å²) in [5, 5.41) is 3.92. The number of nitrogen functional groups attached to an aromatic ring is 1. The quantitative estimate of drug-likeness (QED) is 0.819. The largest absolute Gasteiger partial charge is 0.399 e. The Morgan fingerprint density at radius 2 is 2.22 bits per heavy atom. The Bertz CT molecular complexity index is 531. The summed E-state index contributed by atoms with van der Waals surface area (Å²) in [5.41, 5.74) is 7.46. The Kier molecular flexibility index (Phi) is 4.12. The van der Waals surface area contributed by atoms with Gasteiger partial charge in [-0.2, -0.15) is 4.98 Å². The third-order valence-corrected chi connectivity index (χ3v) is 2.57. The lowest BCUT2D eigenvalue weighted by molar-refractivity contribution is 0.402. The Hall–Kier alpha value is -2.10. The van der Waals surface area contributed by atoms with Crippen molar-refractivity contribution in [3.8, 4) is 0 Å². The van der Waals surface area contributed by atoms with E-state index < -0.39 is 0 Å². The van der Waals surface area contributed by atoms with Gasteiger partial charge in [-0.1, -0.05) is 30.6 Å². The molecule has 4 heteroatoms. The number of hydrogen-bond donors (Lipinski definition) is 1. The van der Waals surface area contributed by atoms with Crippen LogP contribution in [-0.4, -0.2) is 10.1 Å².